The lowest BCUT2D eigenvalue weighted by molar-refractivity contribution is 0.0600. The van der Waals surface area contributed by atoms with E-state index in [4.69, 9.17) is 4.74 Å². The van der Waals surface area contributed by atoms with Crippen LogP contribution in [0.15, 0.2) is 36.4 Å². The molecular weight excluding hydrogens is 231 g/mol. The standard InChI is InChI=1S/C15H11FO2/c1-18-15(17)9-2-4-13-10(6-9)7-11-8-12(16)3-5-14(11)13/h2-6,8H,7H2,1H3. The number of carbonyl (C=O) groups is 1. The molecule has 3 rings (SSSR count). The summed E-state index contributed by atoms with van der Waals surface area (Å²) in [6, 6.07) is 10.2. The van der Waals surface area contributed by atoms with E-state index in [9.17, 15) is 9.18 Å². The fourth-order valence-corrected chi connectivity index (χ4v) is 2.42. The Balaban J connectivity index is 2.09. The number of ether oxygens (including phenoxy) is 1. The Kier molecular flexibility index (Phi) is 2.40. The molecule has 0 unspecified atom stereocenters. The van der Waals surface area contributed by atoms with Gasteiger partial charge in [-0.05, 0) is 52.9 Å². The zero-order valence-corrected chi connectivity index (χ0v) is 9.87. The van der Waals surface area contributed by atoms with Gasteiger partial charge in [-0.3, -0.25) is 0 Å². The summed E-state index contributed by atoms with van der Waals surface area (Å²) in [5.74, 6) is -0.574. The van der Waals surface area contributed by atoms with Crippen molar-refractivity contribution in [1.29, 1.82) is 0 Å². The molecule has 0 fully saturated rings. The number of hydrogen-bond acceptors (Lipinski definition) is 2. The molecule has 2 aromatic carbocycles. The average Bonchev–Trinajstić information content (AvgIpc) is 2.73. The van der Waals surface area contributed by atoms with Gasteiger partial charge < -0.3 is 4.74 Å². The van der Waals surface area contributed by atoms with Crippen molar-refractivity contribution in [2.24, 2.45) is 0 Å². The summed E-state index contributed by atoms with van der Waals surface area (Å²) in [6.07, 6.45) is 0.660. The van der Waals surface area contributed by atoms with E-state index < -0.39 is 0 Å². The minimum atomic E-state index is -0.347. The maximum absolute atomic E-state index is 13.2. The molecule has 2 nitrogen and oxygen atoms in total. The molecule has 0 bridgehead atoms. The summed E-state index contributed by atoms with van der Waals surface area (Å²) in [5, 5.41) is 0. The second kappa shape index (κ2) is 3.95. The first-order valence-corrected chi connectivity index (χ1v) is 5.69. The number of benzene rings is 2. The molecule has 1 aliphatic rings. The van der Waals surface area contributed by atoms with Crippen molar-refractivity contribution < 1.29 is 13.9 Å². The Hall–Kier alpha value is -2.16. The van der Waals surface area contributed by atoms with Crippen LogP contribution < -0.4 is 0 Å². The number of halogens is 1. The van der Waals surface area contributed by atoms with Gasteiger partial charge in [0, 0.05) is 0 Å². The van der Waals surface area contributed by atoms with Gasteiger partial charge in [-0.15, -0.1) is 0 Å². The molecule has 0 aromatic heterocycles. The molecule has 90 valence electrons. The van der Waals surface area contributed by atoms with E-state index >= 15 is 0 Å². The molecule has 2 aromatic rings. The fourth-order valence-electron chi connectivity index (χ4n) is 2.42. The van der Waals surface area contributed by atoms with Crippen LogP contribution in [-0.2, 0) is 11.2 Å². The lowest BCUT2D eigenvalue weighted by Gasteiger charge is -2.03. The van der Waals surface area contributed by atoms with Crippen molar-refractivity contribution in [1.82, 2.24) is 0 Å². The van der Waals surface area contributed by atoms with Gasteiger partial charge in [-0.1, -0.05) is 12.1 Å². The molecular formula is C15H11FO2. The molecule has 0 amide bonds. The first-order chi connectivity index (χ1) is 8.69. The van der Waals surface area contributed by atoms with Gasteiger partial charge in [0.15, 0.2) is 0 Å². The average molecular weight is 242 g/mol. The van der Waals surface area contributed by atoms with Crippen LogP contribution in [0.25, 0.3) is 11.1 Å². The Morgan fingerprint density at radius 2 is 1.78 bits per heavy atom. The predicted octanol–water partition coefficient (Wildman–Crippen LogP) is 3.18. The quantitative estimate of drug-likeness (QED) is 0.612. The lowest BCUT2D eigenvalue weighted by Crippen LogP contribution is -2.01. The van der Waals surface area contributed by atoms with E-state index in [1.165, 1.54) is 13.2 Å². The van der Waals surface area contributed by atoms with E-state index in [0.29, 0.717) is 12.0 Å². The van der Waals surface area contributed by atoms with Crippen molar-refractivity contribution in [3.63, 3.8) is 0 Å². The Labute approximate surface area is 104 Å². The fraction of sp³-hybridized carbons (Fsp3) is 0.133. The number of esters is 1. The van der Waals surface area contributed by atoms with E-state index in [-0.39, 0.29) is 11.8 Å². The summed E-state index contributed by atoms with van der Waals surface area (Å²) < 4.78 is 17.9. The van der Waals surface area contributed by atoms with Crippen LogP contribution in [0.4, 0.5) is 4.39 Å². The number of carbonyl (C=O) groups excluding carboxylic acids is 1. The van der Waals surface area contributed by atoms with Crippen LogP contribution in [-0.4, -0.2) is 13.1 Å². The van der Waals surface area contributed by atoms with Crippen molar-refractivity contribution >= 4 is 5.97 Å². The van der Waals surface area contributed by atoms with Crippen molar-refractivity contribution in [2.45, 2.75) is 6.42 Å². The zero-order valence-electron chi connectivity index (χ0n) is 9.87. The summed E-state index contributed by atoms with van der Waals surface area (Å²) in [4.78, 5) is 11.5. The third-order valence-corrected chi connectivity index (χ3v) is 3.26. The SMILES string of the molecule is COC(=O)c1ccc2c(c1)Cc1cc(F)ccc1-2. The summed E-state index contributed by atoms with van der Waals surface area (Å²) in [5.41, 5.74) is 4.65. The summed E-state index contributed by atoms with van der Waals surface area (Å²) in [7, 11) is 1.36. The smallest absolute Gasteiger partial charge is 0.337 e. The maximum Gasteiger partial charge on any atom is 0.337 e. The molecule has 18 heavy (non-hydrogen) atoms. The molecule has 0 aliphatic heterocycles. The maximum atomic E-state index is 13.2. The van der Waals surface area contributed by atoms with Gasteiger partial charge in [0.1, 0.15) is 5.82 Å². The highest BCUT2D eigenvalue weighted by molar-refractivity contribution is 5.91. The third kappa shape index (κ3) is 1.59. The van der Waals surface area contributed by atoms with Crippen molar-refractivity contribution in [2.75, 3.05) is 7.11 Å². The van der Waals surface area contributed by atoms with Crippen LogP contribution in [0.5, 0.6) is 0 Å². The zero-order chi connectivity index (χ0) is 12.7. The van der Waals surface area contributed by atoms with Crippen LogP contribution in [0.3, 0.4) is 0 Å². The highest BCUT2D eigenvalue weighted by atomic mass is 19.1. The molecule has 3 heteroatoms. The normalized spacial score (nSPS) is 11.9. The van der Waals surface area contributed by atoms with Crippen LogP contribution in [0.1, 0.15) is 21.5 Å². The molecule has 0 radical (unpaired) electrons. The minimum absolute atomic E-state index is 0.227. The second-order valence-corrected chi connectivity index (χ2v) is 4.34. The lowest BCUT2D eigenvalue weighted by atomic mass is 10.0. The number of methoxy groups -OCH3 is 1. The predicted molar refractivity (Wildman–Crippen MR) is 66.0 cm³/mol. The van der Waals surface area contributed by atoms with E-state index in [2.05, 4.69) is 0 Å². The number of rotatable bonds is 1. The second-order valence-electron chi connectivity index (χ2n) is 4.34. The molecule has 0 heterocycles. The Morgan fingerprint density at radius 1 is 1.11 bits per heavy atom. The van der Waals surface area contributed by atoms with E-state index in [1.54, 1.807) is 18.2 Å². The van der Waals surface area contributed by atoms with Gasteiger partial charge in [0.05, 0.1) is 12.7 Å². The van der Waals surface area contributed by atoms with E-state index in [1.807, 2.05) is 12.1 Å². The number of hydrogen-bond donors (Lipinski definition) is 0. The highest BCUT2D eigenvalue weighted by Gasteiger charge is 2.20. The van der Waals surface area contributed by atoms with Gasteiger partial charge >= 0.3 is 5.97 Å². The Bertz CT molecular complexity index is 647. The van der Waals surface area contributed by atoms with Gasteiger partial charge in [0.2, 0.25) is 0 Å². The van der Waals surface area contributed by atoms with Gasteiger partial charge in [-0.2, -0.15) is 0 Å². The van der Waals surface area contributed by atoms with Crippen molar-refractivity contribution in [3.05, 3.63) is 58.9 Å². The topological polar surface area (TPSA) is 26.3 Å². The largest absolute Gasteiger partial charge is 0.465 e. The molecule has 0 spiro atoms. The third-order valence-electron chi connectivity index (χ3n) is 3.26. The summed E-state index contributed by atoms with van der Waals surface area (Å²) >= 11 is 0. The van der Waals surface area contributed by atoms with Crippen molar-refractivity contribution in [3.8, 4) is 11.1 Å². The first kappa shape index (κ1) is 11.0. The number of fused-ring (bicyclic) bond motifs is 3. The Morgan fingerprint density at radius 3 is 2.50 bits per heavy atom. The van der Waals surface area contributed by atoms with Crippen LogP contribution >= 0.6 is 0 Å². The highest BCUT2D eigenvalue weighted by Crippen LogP contribution is 2.37. The first-order valence-electron chi connectivity index (χ1n) is 5.69. The molecule has 0 atom stereocenters. The monoisotopic (exact) mass is 242 g/mol. The van der Waals surface area contributed by atoms with Crippen LogP contribution in [0.2, 0.25) is 0 Å². The van der Waals surface area contributed by atoms with Crippen LogP contribution in [0, 0.1) is 5.82 Å². The summed E-state index contributed by atoms with van der Waals surface area (Å²) in [6.45, 7) is 0. The van der Waals surface area contributed by atoms with E-state index in [0.717, 1.165) is 22.3 Å². The molecule has 0 saturated carbocycles. The molecule has 1 aliphatic carbocycles. The van der Waals surface area contributed by atoms with Gasteiger partial charge in [-0.25, -0.2) is 9.18 Å². The molecule has 0 N–H and O–H groups in total. The minimum Gasteiger partial charge on any atom is -0.465 e. The van der Waals surface area contributed by atoms with Gasteiger partial charge in [0.25, 0.3) is 0 Å². The molecule has 0 saturated heterocycles.